The molecule has 1 fully saturated rings. The van der Waals surface area contributed by atoms with E-state index in [9.17, 15) is 0 Å². The van der Waals surface area contributed by atoms with Crippen LogP contribution in [0.3, 0.4) is 0 Å². The lowest BCUT2D eigenvalue weighted by molar-refractivity contribution is 0.257. The SMILES string of the molecule is COc1ncccc1CN(CCC(N)=S)C1CC1. The second-order valence-corrected chi connectivity index (χ2v) is 5.11. The van der Waals surface area contributed by atoms with Crippen molar-refractivity contribution in [3.8, 4) is 5.88 Å². The fourth-order valence-electron chi connectivity index (χ4n) is 2.03. The summed E-state index contributed by atoms with van der Waals surface area (Å²) in [6.45, 7) is 1.77. The Hall–Kier alpha value is -1.20. The monoisotopic (exact) mass is 265 g/mol. The van der Waals surface area contributed by atoms with Gasteiger partial charge in [-0.25, -0.2) is 4.98 Å². The van der Waals surface area contributed by atoms with Crippen LogP contribution in [0.25, 0.3) is 0 Å². The molecule has 0 unspecified atom stereocenters. The number of nitrogens with two attached hydrogens (primary N) is 1. The molecule has 0 bridgehead atoms. The quantitative estimate of drug-likeness (QED) is 0.761. The van der Waals surface area contributed by atoms with E-state index >= 15 is 0 Å². The Morgan fingerprint density at radius 2 is 2.39 bits per heavy atom. The van der Waals surface area contributed by atoms with Crippen molar-refractivity contribution in [3.63, 3.8) is 0 Å². The molecule has 5 heteroatoms. The van der Waals surface area contributed by atoms with E-state index < -0.39 is 0 Å². The number of methoxy groups -OCH3 is 1. The Labute approximate surface area is 113 Å². The van der Waals surface area contributed by atoms with Crippen LogP contribution in [0.2, 0.25) is 0 Å². The highest BCUT2D eigenvalue weighted by Gasteiger charge is 2.29. The zero-order valence-corrected chi connectivity index (χ0v) is 11.4. The Morgan fingerprint density at radius 3 is 3.00 bits per heavy atom. The van der Waals surface area contributed by atoms with Crippen molar-refractivity contribution in [2.75, 3.05) is 13.7 Å². The summed E-state index contributed by atoms with van der Waals surface area (Å²) in [5.41, 5.74) is 6.70. The highest BCUT2D eigenvalue weighted by Crippen LogP contribution is 2.29. The predicted molar refractivity (Wildman–Crippen MR) is 75.6 cm³/mol. The Morgan fingerprint density at radius 1 is 1.61 bits per heavy atom. The molecule has 1 aliphatic carbocycles. The average molecular weight is 265 g/mol. The van der Waals surface area contributed by atoms with E-state index in [1.807, 2.05) is 6.07 Å². The lowest BCUT2D eigenvalue weighted by atomic mass is 10.2. The van der Waals surface area contributed by atoms with E-state index in [4.69, 9.17) is 22.7 Å². The van der Waals surface area contributed by atoms with Crippen LogP contribution >= 0.6 is 12.2 Å². The number of nitrogens with zero attached hydrogens (tertiary/aromatic N) is 2. The molecule has 0 radical (unpaired) electrons. The molecule has 0 aliphatic heterocycles. The third-order valence-corrected chi connectivity index (χ3v) is 3.33. The molecule has 0 amide bonds. The third-order valence-electron chi connectivity index (χ3n) is 3.13. The second-order valence-electron chi connectivity index (χ2n) is 4.59. The van der Waals surface area contributed by atoms with Crippen molar-refractivity contribution in [3.05, 3.63) is 23.9 Å². The van der Waals surface area contributed by atoms with E-state index in [1.54, 1.807) is 13.3 Å². The Bertz CT molecular complexity index is 420. The number of rotatable bonds is 7. The van der Waals surface area contributed by atoms with Crippen LogP contribution < -0.4 is 10.5 Å². The van der Waals surface area contributed by atoms with Gasteiger partial charge in [-0.15, -0.1) is 0 Å². The van der Waals surface area contributed by atoms with Gasteiger partial charge in [-0.2, -0.15) is 0 Å². The first kappa shape index (κ1) is 13.2. The maximum Gasteiger partial charge on any atom is 0.217 e. The molecule has 1 saturated carbocycles. The van der Waals surface area contributed by atoms with Gasteiger partial charge in [-0.3, -0.25) is 4.90 Å². The van der Waals surface area contributed by atoms with Crippen LogP contribution in [-0.4, -0.2) is 34.6 Å². The molecule has 0 atom stereocenters. The zero-order chi connectivity index (χ0) is 13.0. The first-order chi connectivity index (χ1) is 8.70. The predicted octanol–water partition coefficient (Wildman–Crippen LogP) is 1.73. The smallest absolute Gasteiger partial charge is 0.217 e. The zero-order valence-electron chi connectivity index (χ0n) is 10.6. The van der Waals surface area contributed by atoms with Crippen molar-refractivity contribution in [2.24, 2.45) is 5.73 Å². The van der Waals surface area contributed by atoms with Gasteiger partial charge in [0, 0.05) is 37.3 Å². The molecule has 0 saturated heterocycles. The summed E-state index contributed by atoms with van der Waals surface area (Å²) in [6.07, 6.45) is 5.05. The number of hydrogen-bond donors (Lipinski definition) is 1. The fraction of sp³-hybridized carbons (Fsp3) is 0.538. The molecule has 0 spiro atoms. The maximum atomic E-state index is 5.58. The first-order valence-electron chi connectivity index (χ1n) is 6.21. The summed E-state index contributed by atoms with van der Waals surface area (Å²) in [5, 5.41) is 0. The lowest BCUT2D eigenvalue weighted by Gasteiger charge is -2.22. The lowest BCUT2D eigenvalue weighted by Crippen LogP contribution is -2.29. The van der Waals surface area contributed by atoms with Crippen LogP contribution in [0.5, 0.6) is 5.88 Å². The number of thiocarbonyl (C=S) groups is 1. The largest absolute Gasteiger partial charge is 0.481 e. The molecule has 18 heavy (non-hydrogen) atoms. The van der Waals surface area contributed by atoms with Gasteiger partial charge in [0.25, 0.3) is 0 Å². The van der Waals surface area contributed by atoms with Crippen molar-refractivity contribution >= 4 is 17.2 Å². The summed E-state index contributed by atoms with van der Waals surface area (Å²) >= 11 is 4.95. The van der Waals surface area contributed by atoms with Crippen molar-refractivity contribution in [2.45, 2.75) is 31.8 Å². The maximum absolute atomic E-state index is 5.58. The number of pyridine rings is 1. The van der Waals surface area contributed by atoms with Gasteiger partial charge < -0.3 is 10.5 Å². The Balaban J connectivity index is 2.01. The number of ether oxygens (including phenoxy) is 1. The van der Waals surface area contributed by atoms with Crippen molar-refractivity contribution < 1.29 is 4.74 Å². The van der Waals surface area contributed by atoms with E-state index in [2.05, 4.69) is 16.0 Å². The van der Waals surface area contributed by atoms with E-state index in [-0.39, 0.29) is 0 Å². The van der Waals surface area contributed by atoms with E-state index in [0.717, 1.165) is 25.1 Å². The van der Waals surface area contributed by atoms with Gasteiger partial charge in [-0.1, -0.05) is 18.3 Å². The molecule has 0 aromatic carbocycles. The number of hydrogen-bond acceptors (Lipinski definition) is 4. The molecule has 1 aromatic heterocycles. The standard InChI is InChI=1S/C13H19N3OS/c1-17-13-10(3-2-7-15-13)9-16(11-4-5-11)8-6-12(14)18/h2-3,7,11H,4-6,8-9H2,1H3,(H2,14,18). The van der Waals surface area contributed by atoms with Crippen LogP contribution in [0.4, 0.5) is 0 Å². The van der Waals surface area contributed by atoms with Gasteiger partial charge in [-0.05, 0) is 18.9 Å². The van der Waals surface area contributed by atoms with Gasteiger partial charge in [0.1, 0.15) is 0 Å². The molecule has 98 valence electrons. The minimum Gasteiger partial charge on any atom is -0.481 e. The highest BCUT2D eigenvalue weighted by atomic mass is 32.1. The van der Waals surface area contributed by atoms with Crippen LogP contribution in [0.15, 0.2) is 18.3 Å². The molecule has 2 rings (SSSR count). The summed E-state index contributed by atoms with van der Waals surface area (Å²) < 4.78 is 5.28. The average Bonchev–Trinajstić information content (AvgIpc) is 3.19. The molecular weight excluding hydrogens is 246 g/mol. The van der Waals surface area contributed by atoms with Gasteiger partial charge >= 0.3 is 0 Å². The first-order valence-corrected chi connectivity index (χ1v) is 6.61. The summed E-state index contributed by atoms with van der Waals surface area (Å²) in [5.74, 6) is 0.707. The molecule has 1 aromatic rings. The molecule has 1 aliphatic rings. The minimum atomic E-state index is 0.582. The summed E-state index contributed by atoms with van der Waals surface area (Å²) in [6, 6.07) is 4.67. The van der Waals surface area contributed by atoms with Crippen molar-refractivity contribution in [1.82, 2.24) is 9.88 Å². The van der Waals surface area contributed by atoms with Crippen molar-refractivity contribution in [1.29, 1.82) is 0 Å². The minimum absolute atomic E-state index is 0.582. The normalized spacial score (nSPS) is 14.8. The Kier molecular flexibility index (Phi) is 4.49. The molecular formula is C13H19N3OS. The highest BCUT2D eigenvalue weighted by molar-refractivity contribution is 7.80. The van der Waals surface area contributed by atoms with Crippen LogP contribution in [0.1, 0.15) is 24.8 Å². The fourth-order valence-corrected chi connectivity index (χ4v) is 2.12. The molecule has 2 N–H and O–H groups in total. The van der Waals surface area contributed by atoms with Gasteiger partial charge in [0.15, 0.2) is 0 Å². The molecule has 1 heterocycles. The number of aromatic nitrogens is 1. The third kappa shape index (κ3) is 3.65. The topological polar surface area (TPSA) is 51.4 Å². The van der Waals surface area contributed by atoms with Gasteiger partial charge in [0.2, 0.25) is 5.88 Å². The van der Waals surface area contributed by atoms with Crippen LogP contribution in [-0.2, 0) is 6.54 Å². The van der Waals surface area contributed by atoms with E-state index in [0.29, 0.717) is 16.9 Å². The van der Waals surface area contributed by atoms with E-state index in [1.165, 1.54) is 12.8 Å². The van der Waals surface area contributed by atoms with Crippen LogP contribution in [0, 0.1) is 0 Å². The van der Waals surface area contributed by atoms with Gasteiger partial charge in [0.05, 0.1) is 12.1 Å². The molecule has 4 nitrogen and oxygen atoms in total. The summed E-state index contributed by atoms with van der Waals surface area (Å²) in [7, 11) is 1.66. The summed E-state index contributed by atoms with van der Waals surface area (Å²) in [4.78, 5) is 7.22. The second kappa shape index (κ2) is 6.11.